The molecule has 0 saturated carbocycles. The molecule has 0 radical (unpaired) electrons. The van der Waals surface area contributed by atoms with Crippen LogP contribution in [0.25, 0.3) is 11.1 Å². The molecule has 4 rings (SSSR count). The third-order valence-electron chi connectivity index (χ3n) is 4.20. The van der Waals surface area contributed by atoms with E-state index in [9.17, 15) is 5.11 Å². The molecular weight excluding hydrogens is 296 g/mol. The summed E-state index contributed by atoms with van der Waals surface area (Å²) in [5.74, 6) is 0.301. The number of hydrazine groups is 1. The van der Waals surface area contributed by atoms with Crippen molar-refractivity contribution in [3.05, 3.63) is 96.7 Å². The van der Waals surface area contributed by atoms with Crippen LogP contribution in [0.15, 0.2) is 91.1 Å². The molecule has 1 atom stereocenters. The first kappa shape index (κ1) is 14.5. The molecule has 0 spiro atoms. The molecule has 1 aliphatic rings. The maximum atomic E-state index is 10.1. The number of anilines is 1. The van der Waals surface area contributed by atoms with Gasteiger partial charge in [-0.3, -0.25) is 5.01 Å². The van der Waals surface area contributed by atoms with Gasteiger partial charge in [-0.15, -0.1) is 0 Å². The average molecular weight is 314 g/mol. The first-order valence-electron chi connectivity index (χ1n) is 7.98. The number of nitrogens with one attached hydrogen (secondary N) is 1. The first-order chi connectivity index (χ1) is 11.8. The summed E-state index contributed by atoms with van der Waals surface area (Å²) in [6.07, 6.45) is 4.18. The molecule has 3 aromatic rings. The topological polar surface area (TPSA) is 35.5 Å². The molecular formula is C21H18N2O. The molecule has 0 aromatic heterocycles. The summed E-state index contributed by atoms with van der Waals surface area (Å²) >= 11 is 0. The van der Waals surface area contributed by atoms with E-state index in [2.05, 4.69) is 35.8 Å². The van der Waals surface area contributed by atoms with Crippen LogP contribution in [0, 0.1) is 0 Å². The van der Waals surface area contributed by atoms with Crippen LogP contribution in [0.4, 0.5) is 5.69 Å². The lowest BCUT2D eigenvalue weighted by atomic mass is 9.99. The summed E-state index contributed by atoms with van der Waals surface area (Å²) in [5.41, 5.74) is 7.60. The number of nitrogens with zero attached hydrogens (tertiary/aromatic N) is 1. The Morgan fingerprint density at radius 2 is 1.62 bits per heavy atom. The third kappa shape index (κ3) is 2.77. The van der Waals surface area contributed by atoms with Crippen molar-refractivity contribution in [3.63, 3.8) is 0 Å². The summed E-state index contributed by atoms with van der Waals surface area (Å²) in [5, 5.41) is 12.1. The van der Waals surface area contributed by atoms with Gasteiger partial charge < -0.3 is 5.11 Å². The first-order valence-corrected chi connectivity index (χ1v) is 7.98. The van der Waals surface area contributed by atoms with Gasteiger partial charge in [-0.2, -0.15) is 0 Å². The molecule has 24 heavy (non-hydrogen) atoms. The summed E-state index contributed by atoms with van der Waals surface area (Å²) in [6, 6.07) is 26.0. The van der Waals surface area contributed by atoms with E-state index in [-0.39, 0.29) is 6.04 Å². The molecule has 3 aromatic carbocycles. The van der Waals surface area contributed by atoms with E-state index in [0.717, 1.165) is 22.4 Å². The van der Waals surface area contributed by atoms with Crippen molar-refractivity contribution in [1.29, 1.82) is 0 Å². The summed E-state index contributed by atoms with van der Waals surface area (Å²) in [4.78, 5) is 0. The summed E-state index contributed by atoms with van der Waals surface area (Å²) in [7, 11) is 0. The molecule has 1 unspecified atom stereocenters. The molecule has 3 nitrogen and oxygen atoms in total. The van der Waals surface area contributed by atoms with Gasteiger partial charge in [0.1, 0.15) is 5.75 Å². The van der Waals surface area contributed by atoms with Crippen LogP contribution in [0.2, 0.25) is 0 Å². The maximum Gasteiger partial charge on any atom is 0.123 e. The number of phenolic OH excluding ortho intramolecular Hbond substituents is 1. The lowest BCUT2D eigenvalue weighted by molar-refractivity contribution is 0.477. The van der Waals surface area contributed by atoms with Crippen molar-refractivity contribution < 1.29 is 5.11 Å². The van der Waals surface area contributed by atoms with Gasteiger partial charge in [-0.25, -0.2) is 5.43 Å². The fraction of sp³-hybridized carbons (Fsp3) is 0.0476. The summed E-state index contributed by atoms with van der Waals surface area (Å²) in [6.45, 7) is 0. The molecule has 118 valence electrons. The monoisotopic (exact) mass is 314 g/mol. The van der Waals surface area contributed by atoms with Crippen LogP contribution in [-0.2, 0) is 0 Å². The molecule has 3 heteroatoms. The van der Waals surface area contributed by atoms with E-state index in [1.807, 2.05) is 59.7 Å². The van der Waals surface area contributed by atoms with Crippen LogP contribution in [0.3, 0.4) is 0 Å². The molecule has 1 heterocycles. The van der Waals surface area contributed by atoms with Crippen LogP contribution in [-0.4, -0.2) is 5.11 Å². The zero-order chi connectivity index (χ0) is 16.4. The van der Waals surface area contributed by atoms with Gasteiger partial charge in [0.2, 0.25) is 0 Å². The lowest BCUT2D eigenvalue weighted by Gasteiger charge is -2.20. The number of hydrogen-bond donors (Lipinski definition) is 2. The van der Waals surface area contributed by atoms with Crippen molar-refractivity contribution in [1.82, 2.24) is 5.43 Å². The highest BCUT2D eigenvalue weighted by Gasteiger charge is 2.18. The Bertz CT molecular complexity index is 874. The van der Waals surface area contributed by atoms with E-state index in [4.69, 9.17) is 0 Å². The molecule has 0 fully saturated rings. The van der Waals surface area contributed by atoms with Gasteiger partial charge in [-0.1, -0.05) is 54.6 Å². The van der Waals surface area contributed by atoms with E-state index in [0.29, 0.717) is 5.75 Å². The fourth-order valence-corrected chi connectivity index (χ4v) is 2.96. The van der Waals surface area contributed by atoms with E-state index < -0.39 is 0 Å². The Kier molecular flexibility index (Phi) is 3.77. The molecule has 0 bridgehead atoms. The molecule has 2 N–H and O–H groups in total. The molecule has 0 aliphatic carbocycles. The van der Waals surface area contributed by atoms with Gasteiger partial charge in [0.15, 0.2) is 0 Å². The fourth-order valence-electron chi connectivity index (χ4n) is 2.96. The zero-order valence-corrected chi connectivity index (χ0v) is 13.1. The lowest BCUT2D eigenvalue weighted by Crippen LogP contribution is -2.30. The van der Waals surface area contributed by atoms with Crippen LogP contribution >= 0.6 is 0 Å². The highest BCUT2D eigenvalue weighted by Crippen LogP contribution is 2.31. The Balaban J connectivity index is 1.59. The van der Waals surface area contributed by atoms with Gasteiger partial charge >= 0.3 is 0 Å². The zero-order valence-electron chi connectivity index (χ0n) is 13.1. The van der Waals surface area contributed by atoms with Gasteiger partial charge in [-0.05, 0) is 41.5 Å². The average Bonchev–Trinajstić information content (AvgIpc) is 3.13. The van der Waals surface area contributed by atoms with Crippen molar-refractivity contribution in [2.45, 2.75) is 6.04 Å². The molecule has 0 saturated heterocycles. The quantitative estimate of drug-likeness (QED) is 0.739. The second-order valence-electron chi connectivity index (χ2n) is 5.80. The minimum Gasteiger partial charge on any atom is -0.507 e. The van der Waals surface area contributed by atoms with E-state index >= 15 is 0 Å². The maximum absolute atomic E-state index is 10.1. The van der Waals surface area contributed by atoms with Crippen molar-refractivity contribution >= 4 is 5.69 Å². The number of para-hydroxylation sites is 2. The standard InChI is InChI=1S/C21H18N2O/c24-21-12-5-4-11-19(21)16-7-6-8-17(15-16)20-13-14-23(22-20)18-9-2-1-3-10-18/h1-15,20,22,24H. The molecule has 0 amide bonds. The van der Waals surface area contributed by atoms with Crippen molar-refractivity contribution in [2.75, 3.05) is 5.01 Å². The highest BCUT2D eigenvalue weighted by molar-refractivity contribution is 5.70. The van der Waals surface area contributed by atoms with Gasteiger partial charge in [0.05, 0.1) is 11.7 Å². The predicted octanol–water partition coefficient (Wildman–Crippen LogP) is 4.64. The van der Waals surface area contributed by atoms with Gasteiger partial charge in [0.25, 0.3) is 0 Å². The third-order valence-corrected chi connectivity index (χ3v) is 4.20. The predicted molar refractivity (Wildman–Crippen MR) is 97.5 cm³/mol. The van der Waals surface area contributed by atoms with Crippen molar-refractivity contribution in [3.8, 4) is 16.9 Å². The smallest absolute Gasteiger partial charge is 0.123 e. The molecule has 1 aliphatic heterocycles. The normalized spacial score (nSPS) is 16.5. The minimum atomic E-state index is 0.107. The number of phenols is 1. The van der Waals surface area contributed by atoms with Crippen molar-refractivity contribution in [2.24, 2.45) is 0 Å². The Hall–Kier alpha value is -3.04. The number of rotatable bonds is 3. The van der Waals surface area contributed by atoms with E-state index in [1.165, 1.54) is 0 Å². The van der Waals surface area contributed by atoms with E-state index in [1.54, 1.807) is 6.07 Å². The minimum absolute atomic E-state index is 0.107. The highest BCUT2D eigenvalue weighted by atomic mass is 16.3. The largest absolute Gasteiger partial charge is 0.507 e. The SMILES string of the molecule is Oc1ccccc1-c1cccc(C2C=CN(c3ccccc3)N2)c1. The summed E-state index contributed by atoms with van der Waals surface area (Å²) < 4.78 is 0. The number of aromatic hydroxyl groups is 1. The Morgan fingerprint density at radius 3 is 2.46 bits per heavy atom. The Morgan fingerprint density at radius 1 is 0.833 bits per heavy atom. The van der Waals surface area contributed by atoms with Gasteiger partial charge in [0, 0.05) is 11.8 Å². The second-order valence-corrected chi connectivity index (χ2v) is 5.80. The van der Waals surface area contributed by atoms with Crippen LogP contribution < -0.4 is 10.4 Å². The van der Waals surface area contributed by atoms with Crippen LogP contribution in [0.1, 0.15) is 11.6 Å². The second kappa shape index (κ2) is 6.22. The van der Waals surface area contributed by atoms with Crippen LogP contribution in [0.5, 0.6) is 5.75 Å². The number of benzene rings is 3. The number of hydrogen-bond acceptors (Lipinski definition) is 3. The Labute approximate surface area is 141 Å².